The van der Waals surface area contributed by atoms with E-state index in [2.05, 4.69) is 15.5 Å². The lowest BCUT2D eigenvalue weighted by Crippen LogP contribution is -2.38. The highest BCUT2D eigenvalue weighted by Crippen LogP contribution is 2.12. The van der Waals surface area contributed by atoms with Crippen LogP contribution in [0.25, 0.3) is 0 Å². The molecule has 0 aliphatic carbocycles. The Morgan fingerprint density at radius 1 is 0.700 bits per heavy atom. The summed E-state index contributed by atoms with van der Waals surface area (Å²) in [5.41, 5.74) is 2.59. The second-order valence-electron chi connectivity index (χ2n) is 4.68. The van der Waals surface area contributed by atoms with E-state index < -0.39 is 8.80 Å². The van der Waals surface area contributed by atoms with E-state index in [1.807, 2.05) is 41.5 Å². The van der Waals surface area contributed by atoms with Crippen molar-refractivity contribution in [1.29, 1.82) is 0 Å². The van der Waals surface area contributed by atoms with Gasteiger partial charge in [-0.15, -0.1) is 15.5 Å². The van der Waals surface area contributed by atoms with Crippen molar-refractivity contribution < 1.29 is 13.6 Å². The summed E-state index contributed by atoms with van der Waals surface area (Å²) in [6.07, 6.45) is 2.41. The van der Waals surface area contributed by atoms with Gasteiger partial charge in [-0.3, -0.25) is 0 Å². The lowest BCUT2D eigenvalue weighted by molar-refractivity contribution is 0.0723. The number of hydrogen-bond acceptors (Lipinski definition) is 6. The molecule has 0 fully saturated rings. The zero-order valence-electron chi connectivity index (χ0n) is 13.7. The van der Waals surface area contributed by atoms with Crippen molar-refractivity contribution >= 4 is 25.9 Å². The van der Waals surface area contributed by atoms with Crippen molar-refractivity contribution in [2.24, 2.45) is 15.5 Å². The van der Waals surface area contributed by atoms with Gasteiger partial charge in [-0.05, 0) is 40.0 Å². The third-order valence-corrected chi connectivity index (χ3v) is 3.91. The molecule has 0 radical (unpaired) electrons. The van der Waals surface area contributed by atoms with Crippen LogP contribution >= 0.6 is 0 Å². The Hall–Kier alpha value is -1.37. The zero-order chi connectivity index (χ0) is 15.6. The maximum absolute atomic E-state index is 5.44. The van der Waals surface area contributed by atoms with Gasteiger partial charge in [0.15, 0.2) is 0 Å². The molecule has 0 aromatic rings. The second-order valence-corrected chi connectivity index (χ2v) is 6.95. The van der Waals surface area contributed by atoms with E-state index in [1.165, 1.54) is 0 Å². The fourth-order valence-corrected chi connectivity index (χ4v) is 1.79. The molecule has 0 aliphatic heterocycles. The predicted molar refractivity (Wildman–Crippen MR) is 85.1 cm³/mol. The van der Waals surface area contributed by atoms with Crippen LogP contribution in [0.15, 0.2) is 15.5 Å². The van der Waals surface area contributed by atoms with Gasteiger partial charge in [0, 0.05) is 6.55 Å². The molecule has 0 saturated heterocycles. The minimum absolute atomic E-state index is 0.805. The van der Waals surface area contributed by atoms with Crippen LogP contribution in [-0.4, -0.2) is 25.9 Å². The first-order valence-corrected chi connectivity index (χ1v) is 9.24. The second kappa shape index (κ2) is 9.52. The van der Waals surface area contributed by atoms with Gasteiger partial charge in [0.2, 0.25) is 0 Å². The van der Waals surface area contributed by atoms with Gasteiger partial charge in [-0.25, -0.2) is 0 Å². The number of rotatable bonds is 9. The monoisotopic (exact) mass is 301 g/mol. The molecule has 0 rings (SSSR count). The van der Waals surface area contributed by atoms with Crippen LogP contribution in [0.2, 0.25) is 6.55 Å². The van der Waals surface area contributed by atoms with Crippen molar-refractivity contribution in [2.45, 2.75) is 67.4 Å². The van der Waals surface area contributed by atoms with E-state index in [0.29, 0.717) is 0 Å². The lowest BCUT2D eigenvalue weighted by atomic mass is 10.3. The molecule has 116 valence electrons. The lowest BCUT2D eigenvalue weighted by Gasteiger charge is -2.18. The minimum Gasteiger partial charge on any atom is -0.373 e. The maximum atomic E-state index is 5.44. The summed E-state index contributed by atoms with van der Waals surface area (Å²) in [5, 5.41) is 12.0. The molecule has 7 heteroatoms. The van der Waals surface area contributed by atoms with Crippen LogP contribution in [0.1, 0.15) is 60.8 Å². The number of oxime groups is 3. The van der Waals surface area contributed by atoms with Crippen LogP contribution in [-0.2, 0) is 13.6 Å². The van der Waals surface area contributed by atoms with E-state index in [-0.39, 0.29) is 0 Å². The smallest absolute Gasteiger partial charge is 0.373 e. The Balaban J connectivity index is 4.92. The molecule has 0 aromatic heterocycles. The SMILES string of the molecule is CC/C(C)=N\O[Si](C)(O/N=C(\C)CC)O/N=C(\C)CC. The molecular formula is C13H27N3O3Si. The van der Waals surface area contributed by atoms with Gasteiger partial charge in [0.1, 0.15) is 0 Å². The van der Waals surface area contributed by atoms with Crippen molar-refractivity contribution in [1.82, 2.24) is 0 Å². The van der Waals surface area contributed by atoms with E-state index in [0.717, 1.165) is 36.4 Å². The van der Waals surface area contributed by atoms with E-state index >= 15 is 0 Å². The zero-order valence-corrected chi connectivity index (χ0v) is 14.7. The average molecular weight is 301 g/mol. The maximum Gasteiger partial charge on any atom is 0.759 e. The molecule has 0 spiro atoms. The Morgan fingerprint density at radius 2 is 0.950 bits per heavy atom. The summed E-state index contributed by atoms with van der Waals surface area (Å²) in [6.45, 7) is 13.4. The molecule has 0 heterocycles. The van der Waals surface area contributed by atoms with Gasteiger partial charge in [-0.2, -0.15) is 0 Å². The standard InChI is InChI=1S/C13H27N3O3Si/c1-8-11(4)14-17-20(7,18-15-12(5)9-2)19-16-13(6)10-3/h8-10H2,1-7H3/b14-11-,15-12+,16-13+. The third-order valence-electron chi connectivity index (χ3n) is 2.64. The molecule has 0 atom stereocenters. The van der Waals surface area contributed by atoms with Crippen molar-refractivity contribution in [3.63, 3.8) is 0 Å². The van der Waals surface area contributed by atoms with Crippen LogP contribution in [0.4, 0.5) is 0 Å². The largest absolute Gasteiger partial charge is 0.759 e. The molecule has 0 unspecified atom stereocenters. The quantitative estimate of drug-likeness (QED) is 0.368. The van der Waals surface area contributed by atoms with Crippen molar-refractivity contribution in [3.05, 3.63) is 0 Å². The summed E-state index contributed by atoms with van der Waals surface area (Å²) in [4.78, 5) is 0. The van der Waals surface area contributed by atoms with Gasteiger partial charge in [-0.1, -0.05) is 20.8 Å². The summed E-state index contributed by atoms with van der Waals surface area (Å²) < 4.78 is 16.3. The average Bonchev–Trinajstić information content (AvgIpc) is 2.47. The predicted octanol–water partition coefficient (Wildman–Crippen LogP) is 3.96. The normalized spacial score (nSPS) is 14.2. The first-order chi connectivity index (χ1) is 9.36. The number of hydrogen-bond donors (Lipinski definition) is 0. The fraction of sp³-hybridized carbons (Fsp3) is 0.769. The summed E-state index contributed by atoms with van der Waals surface area (Å²) in [7, 11) is -3.05. The minimum atomic E-state index is -3.05. The highest BCUT2D eigenvalue weighted by molar-refractivity contribution is 6.59. The molecule has 0 N–H and O–H groups in total. The van der Waals surface area contributed by atoms with Gasteiger partial charge in [0.05, 0.1) is 17.1 Å². The molecule has 0 saturated carbocycles. The van der Waals surface area contributed by atoms with Crippen LogP contribution in [0.5, 0.6) is 0 Å². The van der Waals surface area contributed by atoms with Gasteiger partial charge >= 0.3 is 8.80 Å². The van der Waals surface area contributed by atoms with E-state index in [9.17, 15) is 0 Å². The van der Waals surface area contributed by atoms with Crippen LogP contribution in [0, 0.1) is 0 Å². The Bertz CT molecular complexity index is 326. The molecule has 0 aromatic carbocycles. The number of nitrogens with zero attached hydrogens (tertiary/aromatic N) is 3. The van der Waals surface area contributed by atoms with Gasteiger partial charge < -0.3 is 13.6 Å². The Labute approximate surface area is 123 Å². The van der Waals surface area contributed by atoms with Crippen molar-refractivity contribution in [2.75, 3.05) is 0 Å². The summed E-state index contributed by atoms with van der Waals surface area (Å²) in [6, 6.07) is 0. The van der Waals surface area contributed by atoms with E-state index in [1.54, 1.807) is 6.55 Å². The molecule has 6 nitrogen and oxygen atoms in total. The first-order valence-electron chi connectivity index (χ1n) is 7.01. The molecule has 0 aliphatic rings. The molecule has 20 heavy (non-hydrogen) atoms. The van der Waals surface area contributed by atoms with Crippen molar-refractivity contribution in [3.8, 4) is 0 Å². The molecule has 0 bridgehead atoms. The van der Waals surface area contributed by atoms with E-state index in [4.69, 9.17) is 13.6 Å². The molecular weight excluding hydrogens is 274 g/mol. The molecule has 0 amide bonds. The van der Waals surface area contributed by atoms with Gasteiger partial charge in [0.25, 0.3) is 0 Å². The highest BCUT2D eigenvalue weighted by atomic mass is 28.4. The van der Waals surface area contributed by atoms with Crippen LogP contribution in [0.3, 0.4) is 0 Å². The summed E-state index contributed by atoms with van der Waals surface area (Å²) in [5.74, 6) is 0. The highest BCUT2D eigenvalue weighted by Gasteiger charge is 2.45. The topological polar surface area (TPSA) is 64.8 Å². The third kappa shape index (κ3) is 7.93. The summed E-state index contributed by atoms with van der Waals surface area (Å²) >= 11 is 0. The van der Waals surface area contributed by atoms with Crippen LogP contribution < -0.4 is 0 Å². The first kappa shape index (κ1) is 18.6. The Kier molecular flexibility index (Phi) is 8.86. The fourth-order valence-electron chi connectivity index (χ4n) is 0.726. The Morgan fingerprint density at radius 3 is 1.15 bits per heavy atom.